The molecule has 0 saturated heterocycles. The van der Waals surface area contributed by atoms with Gasteiger partial charge >= 0.3 is 0 Å². The molecule has 3 aromatic rings. The molecule has 0 unspecified atom stereocenters. The van der Waals surface area contributed by atoms with Crippen LogP contribution in [0.3, 0.4) is 0 Å². The topological polar surface area (TPSA) is 132 Å². The molecule has 0 spiro atoms. The van der Waals surface area contributed by atoms with Crippen molar-refractivity contribution in [2.24, 2.45) is 4.99 Å². The van der Waals surface area contributed by atoms with E-state index in [1.54, 1.807) is 50.4 Å². The average molecular weight is 488 g/mol. The van der Waals surface area contributed by atoms with Crippen molar-refractivity contribution in [3.05, 3.63) is 63.3 Å². The molecule has 9 nitrogen and oxygen atoms in total. The molecule has 0 atom stereocenters. The van der Waals surface area contributed by atoms with Crippen LogP contribution >= 0.6 is 23.2 Å². The van der Waals surface area contributed by atoms with Gasteiger partial charge in [0.25, 0.3) is 5.91 Å². The number of nitrogens with one attached hydrogen (secondary N) is 2. The van der Waals surface area contributed by atoms with Gasteiger partial charge in [-0.05, 0) is 48.9 Å². The first-order valence-corrected chi connectivity index (χ1v) is 10.4. The maximum absolute atomic E-state index is 13.0. The Kier molecular flexibility index (Phi) is 7.62. The van der Waals surface area contributed by atoms with Crippen LogP contribution in [0.1, 0.15) is 21.7 Å². The number of rotatable bonds is 5. The molecular formula is C21H20BCl2N5O4. The molecule has 0 aliphatic rings. The third kappa shape index (κ3) is 5.85. The van der Waals surface area contributed by atoms with Gasteiger partial charge in [0.05, 0.1) is 22.8 Å². The fraction of sp³-hybridized carbons (Fsp3) is 0.143. The summed E-state index contributed by atoms with van der Waals surface area (Å²) < 4.78 is 10.4. The lowest BCUT2D eigenvalue weighted by atomic mass is 10.1. The number of nitrogens with zero attached hydrogens (tertiary/aromatic N) is 2. The summed E-state index contributed by atoms with van der Waals surface area (Å²) >= 11 is 12.1. The predicted octanol–water partition coefficient (Wildman–Crippen LogP) is 3.18. The largest absolute Gasteiger partial charge is 0.497 e. The van der Waals surface area contributed by atoms with E-state index in [1.165, 1.54) is 7.85 Å². The second-order valence-corrected chi connectivity index (χ2v) is 7.78. The molecule has 2 amide bonds. The van der Waals surface area contributed by atoms with Crippen molar-refractivity contribution in [2.75, 3.05) is 12.8 Å². The van der Waals surface area contributed by atoms with E-state index in [9.17, 15) is 9.59 Å². The molecule has 0 aliphatic carbocycles. The molecule has 12 heteroatoms. The Morgan fingerprint density at radius 1 is 1.21 bits per heavy atom. The van der Waals surface area contributed by atoms with E-state index >= 15 is 0 Å². The number of hydrogen-bond donors (Lipinski definition) is 3. The number of nitrogens with two attached hydrogens (primary N) is 1. The van der Waals surface area contributed by atoms with Crippen LogP contribution in [-0.2, 0) is 6.54 Å². The van der Waals surface area contributed by atoms with Crippen molar-refractivity contribution in [2.45, 2.75) is 13.5 Å². The lowest BCUT2D eigenvalue weighted by Crippen LogP contribution is -2.40. The Morgan fingerprint density at radius 2 is 1.85 bits per heavy atom. The van der Waals surface area contributed by atoms with E-state index in [-0.39, 0.29) is 39.6 Å². The number of guanidine groups is 1. The van der Waals surface area contributed by atoms with E-state index < -0.39 is 11.7 Å². The van der Waals surface area contributed by atoms with Crippen LogP contribution < -0.4 is 21.1 Å². The summed E-state index contributed by atoms with van der Waals surface area (Å²) in [5.74, 6) is -0.180. The monoisotopic (exact) mass is 487 g/mol. The maximum Gasteiger partial charge on any atom is 0.286 e. The highest BCUT2D eigenvalue weighted by Crippen LogP contribution is 2.29. The van der Waals surface area contributed by atoms with E-state index in [4.69, 9.17) is 38.2 Å². The van der Waals surface area contributed by atoms with Gasteiger partial charge in [0.15, 0.2) is 5.81 Å². The fourth-order valence-corrected chi connectivity index (χ4v) is 3.46. The fourth-order valence-electron chi connectivity index (χ4n) is 2.93. The van der Waals surface area contributed by atoms with Gasteiger partial charge in [0.1, 0.15) is 22.8 Å². The minimum atomic E-state index is -0.649. The van der Waals surface area contributed by atoms with E-state index in [1.807, 2.05) is 0 Å². The normalized spacial score (nSPS) is 11.2. The average Bonchev–Trinajstić information content (AvgIpc) is 3.16. The van der Waals surface area contributed by atoms with E-state index in [2.05, 4.69) is 20.8 Å². The molecule has 1 heterocycles. The van der Waals surface area contributed by atoms with Gasteiger partial charge in [-0.2, -0.15) is 4.99 Å². The number of carbonyl (C=O) groups is 2. The number of nitrogen functional groups attached to an aromatic ring is 1. The molecule has 0 radical (unpaired) electrons. The van der Waals surface area contributed by atoms with Gasteiger partial charge < -0.3 is 25.6 Å². The second-order valence-electron chi connectivity index (χ2n) is 6.96. The molecule has 0 saturated carbocycles. The standard InChI is InChI=1S/C21H20BCl2N5O4/c1-10-16(18(29-33-10)12-3-5-13(32-2)6-4-12)19(30)27-21(28-20(22)31)26-9-11-7-14(23)17(25)15(24)8-11/h3-8H,9,22,25H2,1-2H3,(H2,26,27,28,30,31). The van der Waals surface area contributed by atoms with Crippen LogP contribution in [0.25, 0.3) is 11.3 Å². The highest BCUT2D eigenvalue weighted by molar-refractivity contribution is 6.58. The number of amides is 2. The second kappa shape index (κ2) is 10.4. The van der Waals surface area contributed by atoms with Crippen LogP contribution in [0, 0.1) is 6.92 Å². The van der Waals surface area contributed by atoms with Gasteiger partial charge in [-0.1, -0.05) is 28.4 Å². The SMILES string of the molecule is BC(=O)N/C(=N\C(=O)c1c(-c2ccc(OC)cc2)noc1C)NCc1cc(Cl)c(N)c(Cl)c1. The highest BCUT2D eigenvalue weighted by Gasteiger charge is 2.22. The van der Waals surface area contributed by atoms with Crippen LogP contribution in [-0.4, -0.2) is 37.8 Å². The van der Waals surface area contributed by atoms with Gasteiger partial charge in [0.2, 0.25) is 13.8 Å². The van der Waals surface area contributed by atoms with Crippen molar-refractivity contribution in [1.82, 2.24) is 15.8 Å². The van der Waals surface area contributed by atoms with Crippen LogP contribution in [0.2, 0.25) is 10.0 Å². The van der Waals surface area contributed by atoms with Gasteiger partial charge in [-0.3, -0.25) is 9.59 Å². The summed E-state index contributed by atoms with van der Waals surface area (Å²) in [6.07, 6.45) is 0. The summed E-state index contributed by atoms with van der Waals surface area (Å²) in [5.41, 5.74) is 7.83. The molecule has 33 heavy (non-hydrogen) atoms. The number of hydrogen-bond acceptors (Lipinski definition) is 6. The molecule has 4 N–H and O–H groups in total. The Balaban J connectivity index is 1.88. The van der Waals surface area contributed by atoms with Crippen molar-refractivity contribution >= 4 is 54.4 Å². The highest BCUT2D eigenvalue weighted by atomic mass is 35.5. The third-order valence-electron chi connectivity index (χ3n) is 4.55. The number of methoxy groups -OCH3 is 1. The number of carbonyl (C=O) groups excluding carboxylic acids is 2. The minimum absolute atomic E-state index is 0.0575. The minimum Gasteiger partial charge on any atom is -0.497 e. The first-order chi connectivity index (χ1) is 15.7. The predicted molar refractivity (Wildman–Crippen MR) is 130 cm³/mol. The molecule has 170 valence electrons. The number of aryl methyl sites for hydroxylation is 1. The summed E-state index contributed by atoms with van der Waals surface area (Å²) in [6, 6.07) is 10.2. The number of benzene rings is 2. The zero-order chi connectivity index (χ0) is 24.1. The van der Waals surface area contributed by atoms with Crippen molar-refractivity contribution in [3.8, 4) is 17.0 Å². The Labute approximate surface area is 200 Å². The van der Waals surface area contributed by atoms with Crippen molar-refractivity contribution in [3.63, 3.8) is 0 Å². The zero-order valence-electron chi connectivity index (χ0n) is 18.0. The number of ether oxygens (including phenoxy) is 1. The number of aliphatic imine (C=N–C) groups is 1. The molecule has 2 aromatic carbocycles. The molecule has 0 fully saturated rings. The molecule has 0 aliphatic heterocycles. The molecule has 3 rings (SSSR count). The lowest BCUT2D eigenvalue weighted by Gasteiger charge is -2.12. The lowest BCUT2D eigenvalue weighted by molar-refractivity contribution is 0.100. The first kappa shape index (κ1) is 24.2. The molecule has 1 aromatic heterocycles. The summed E-state index contributed by atoms with van der Waals surface area (Å²) in [7, 11) is 2.85. The van der Waals surface area contributed by atoms with Gasteiger partial charge in [-0.15, -0.1) is 0 Å². The Bertz CT molecular complexity index is 1200. The Morgan fingerprint density at radius 3 is 2.42 bits per heavy atom. The smallest absolute Gasteiger partial charge is 0.286 e. The first-order valence-electron chi connectivity index (χ1n) is 9.68. The number of halogens is 2. The van der Waals surface area contributed by atoms with Crippen molar-refractivity contribution < 1.29 is 18.8 Å². The van der Waals surface area contributed by atoms with E-state index in [0.29, 0.717) is 22.6 Å². The summed E-state index contributed by atoms with van der Waals surface area (Å²) in [4.78, 5) is 28.7. The summed E-state index contributed by atoms with van der Waals surface area (Å²) in [6.45, 7) is 1.77. The maximum atomic E-state index is 13.0. The van der Waals surface area contributed by atoms with Crippen LogP contribution in [0.15, 0.2) is 45.9 Å². The molecular weight excluding hydrogens is 468 g/mol. The molecule has 0 bridgehead atoms. The Hall–Kier alpha value is -3.50. The van der Waals surface area contributed by atoms with Crippen molar-refractivity contribution in [1.29, 1.82) is 0 Å². The third-order valence-corrected chi connectivity index (χ3v) is 5.17. The number of anilines is 1. The summed E-state index contributed by atoms with van der Waals surface area (Å²) in [5, 5.41) is 9.97. The van der Waals surface area contributed by atoms with Gasteiger partial charge in [-0.25, -0.2) is 0 Å². The van der Waals surface area contributed by atoms with E-state index in [0.717, 1.165) is 0 Å². The van der Waals surface area contributed by atoms with Gasteiger partial charge in [0, 0.05) is 12.1 Å². The van der Waals surface area contributed by atoms with Crippen LogP contribution in [0.4, 0.5) is 10.5 Å². The quantitative estimate of drug-likeness (QED) is 0.218. The van der Waals surface area contributed by atoms with Crippen LogP contribution in [0.5, 0.6) is 5.75 Å². The number of aromatic nitrogens is 1. The zero-order valence-corrected chi connectivity index (χ0v) is 19.5.